The Balaban J connectivity index is 1.65. The Hall–Kier alpha value is -1.32. The largest absolute Gasteiger partial charge is 0.385 e. The maximum atomic E-state index is 3.53. The number of rotatable bonds is 4. The summed E-state index contributed by atoms with van der Waals surface area (Å²) in [6, 6.07) is 8.77. The smallest absolute Gasteiger partial charge is 0.0375 e. The zero-order chi connectivity index (χ0) is 12.2. The molecular formula is C15H18N2S. The molecule has 0 spiro atoms. The van der Waals surface area contributed by atoms with E-state index in [1.165, 1.54) is 35.2 Å². The van der Waals surface area contributed by atoms with Crippen LogP contribution in [0.15, 0.2) is 35.0 Å². The Labute approximate surface area is 112 Å². The molecule has 1 aliphatic heterocycles. The van der Waals surface area contributed by atoms with Crippen LogP contribution in [0, 0.1) is 0 Å². The van der Waals surface area contributed by atoms with E-state index in [0.717, 1.165) is 19.6 Å². The van der Waals surface area contributed by atoms with Crippen molar-refractivity contribution >= 4 is 17.0 Å². The highest BCUT2D eigenvalue weighted by atomic mass is 32.1. The van der Waals surface area contributed by atoms with E-state index in [9.17, 15) is 0 Å². The van der Waals surface area contributed by atoms with Crippen LogP contribution in [0.5, 0.6) is 0 Å². The van der Waals surface area contributed by atoms with E-state index in [1.54, 1.807) is 11.3 Å². The van der Waals surface area contributed by atoms with Crippen molar-refractivity contribution in [2.24, 2.45) is 0 Å². The van der Waals surface area contributed by atoms with Gasteiger partial charge in [-0.2, -0.15) is 11.3 Å². The maximum absolute atomic E-state index is 3.53. The molecule has 0 amide bonds. The summed E-state index contributed by atoms with van der Waals surface area (Å²) in [5, 5.41) is 11.3. The van der Waals surface area contributed by atoms with Gasteiger partial charge in [0.15, 0.2) is 0 Å². The van der Waals surface area contributed by atoms with Crippen molar-refractivity contribution in [2.75, 3.05) is 11.9 Å². The molecule has 94 valence electrons. The van der Waals surface area contributed by atoms with Gasteiger partial charge in [-0.25, -0.2) is 0 Å². The van der Waals surface area contributed by atoms with Crippen LogP contribution in [0.4, 0.5) is 5.69 Å². The van der Waals surface area contributed by atoms with E-state index in [4.69, 9.17) is 0 Å². The molecule has 1 aromatic heterocycles. The average molecular weight is 258 g/mol. The number of hydrogen-bond acceptors (Lipinski definition) is 3. The molecule has 2 aromatic rings. The van der Waals surface area contributed by atoms with Gasteiger partial charge in [0, 0.05) is 25.3 Å². The summed E-state index contributed by atoms with van der Waals surface area (Å²) in [5.74, 6) is 0. The number of anilines is 1. The molecule has 0 unspecified atom stereocenters. The van der Waals surface area contributed by atoms with Crippen molar-refractivity contribution in [3.63, 3.8) is 0 Å². The van der Waals surface area contributed by atoms with Crippen LogP contribution in [-0.4, -0.2) is 6.54 Å². The van der Waals surface area contributed by atoms with Gasteiger partial charge in [-0.3, -0.25) is 0 Å². The zero-order valence-electron chi connectivity index (χ0n) is 10.4. The molecule has 18 heavy (non-hydrogen) atoms. The highest BCUT2D eigenvalue weighted by molar-refractivity contribution is 7.07. The second-order valence-corrected chi connectivity index (χ2v) is 5.49. The fourth-order valence-corrected chi connectivity index (χ4v) is 3.15. The SMILES string of the molecule is c1cc(CNCc2ccsc2)c2c(c1)NCCC2. The summed E-state index contributed by atoms with van der Waals surface area (Å²) in [4.78, 5) is 0. The summed E-state index contributed by atoms with van der Waals surface area (Å²) in [7, 11) is 0. The van der Waals surface area contributed by atoms with Crippen LogP contribution >= 0.6 is 11.3 Å². The van der Waals surface area contributed by atoms with Crippen LogP contribution in [0.2, 0.25) is 0 Å². The number of fused-ring (bicyclic) bond motifs is 1. The monoisotopic (exact) mass is 258 g/mol. The van der Waals surface area contributed by atoms with Gasteiger partial charge in [-0.15, -0.1) is 0 Å². The molecule has 0 radical (unpaired) electrons. The van der Waals surface area contributed by atoms with Crippen LogP contribution < -0.4 is 10.6 Å². The van der Waals surface area contributed by atoms with Gasteiger partial charge < -0.3 is 10.6 Å². The highest BCUT2D eigenvalue weighted by Gasteiger charge is 2.11. The summed E-state index contributed by atoms with van der Waals surface area (Å²) in [6.07, 6.45) is 2.45. The van der Waals surface area contributed by atoms with Gasteiger partial charge in [-0.1, -0.05) is 12.1 Å². The number of nitrogens with one attached hydrogen (secondary N) is 2. The molecular weight excluding hydrogens is 240 g/mol. The van der Waals surface area contributed by atoms with Crippen molar-refractivity contribution in [1.82, 2.24) is 5.32 Å². The Morgan fingerprint density at radius 1 is 1.22 bits per heavy atom. The third-order valence-electron chi connectivity index (χ3n) is 3.42. The second-order valence-electron chi connectivity index (χ2n) is 4.71. The van der Waals surface area contributed by atoms with E-state index < -0.39 is 0 Å². The molecule has 2 nitrogen and oxygen atoms in total. The van der Waals surface area contributed by atoms with Crippen LogP contribution in [-0.2, 0) is 19.5 Å². The van der Waals surface area contributed by atoms with E-state index in [1.807, 2.05) is 0 Å². The third-order valence-corrected chi connectivity index (χ3v) is 4.15. The summed E-state index contributed by atoms with van der Waals surface area (Å²) in [5.41, 5.74) is 5.65. The lowest BCUT2D eigenvalue weighted by Crippen LogP contribution is -2.17. The molecule has 0 saturated carbocycles. The first-order valence-corrected chi connectivity index (χ1v) is 7.44. The van der Waals surface area contributed by atoms with Crippen molar-refractivity contribution in [3.8, 4) is 0 Å². The van der Waals surface area contributed by atoms with Crippen LogP contribution in [0.25, 0.3) is 0 Å². The minimum absolute atomic E-state index is 0.959. The Bertz CT molecular complexity index is 505. The fourth-order valence-electron chi connectivity index (χ4n) is 2.48. The number of hydrogen-bond donors (Lipinski definition) is 2. The van der Waals surface area contributed by atoms with E-state index >= 15 is 0 Å². The Morgan fingerprint density at radius 3 is 3.11 bits per heavy atom. The second kappa shape index (κ2) is 5.55. The molecule has 0 fully saturated rings. The minimum Gasteiger partial charge on any atom is -0.385 e. The van der Waals surface area contributed by atoms with Crippen molar-refractivity contribution in [3.05, 3.63) is 51.7 Å². The molecule has 2 heterocycles. The average Bonchev–Trinajstić information content (AvgIpc) is 2.92. The summed E-state index contributed by atoms with van der Waals surface area (Å²) in [6.45, 7) is 3.03. The molecule has 0 aliphatic carbocycles. The van der Waals surface area contributed by atoms with Crippen molar-refractivity contribution in [2.45, 2.75) is 25.9 Å². The molecule has 3 heteroatoms. The predicted molar refractivity (Wildman–Crippen MR) is 78.1 cm³/mol. The van der Waals surface area contributed by atoms with E-state index in [0.29, 0.717) is 0 Å². The van der Waals surface area contributed by atoms with E-state index in [2.05, 4.69) is 45.7 Å². The van der Waals surface area contributed by atoms with Gasteiger partial charge in [0.2, 0.25) is 0 Å². The topological polar surface area (TPSA) is 24.1 Å². The molecule has 0 bridgehead atoms. The van der Waals surface area contributed by atoms with Crippen LogP contribution in [0.1, 0.15) is 23.1 Å². The first kappa shape index (κ1) is 11.8. The summed E-state index contributed by atoms with van der Waals surface area (Å²) >= 11 is 1.76. The van der Waals surface area contributed by atoms with Gasteiger partial charge in [0.1, 0.15) is 0 Å². The maximum Gasteiger partial charge on any atom is 0.0375 e. The van der Waals surface area contributed by atoms with Crippen molar-refractivity contribution < 1.29 is 0 Å². The lowest BCUT2D eigenvalue weighted by Gasteiger charge is -2.21. The number of benzene rings is 1. The van der Waals surface area contributed by atoms with Gasteiger partial charge in [0.25, 0.3) is 0 Å². The molecule has 1 aliphatic rings. The summed E-state index contributed by atoms with van der Waals surface area (Å²) < 4.78 is 0. The van der Waals surface area contributed by atoms with Gasteiger partial charge in [0.05, 0.1) is 0 Å². The quantitative estimate of drug-likeness (QED) is 0.878. The third kappa shape index (κ3) is 2.57. The highest BCUT2D eigenvalue weighted by Crippen LogP contribution is 2.25. The predicted octanol–water partition coefficient (Wildman–Crippen LogP) is 3.40. The van der Waals surface area contributed by atoms with Crippen molar-refractivity contribution in [1.29, 1.82) is 0 Å². The van der Waals surface area contributed by atoms with Gasteiger partial charge >= 0.3 is 0 Å². The first-order valence-electron chi connectivity index (χ1n) is 6.50. The standard InChI is InChI=1S/C15H18N2S/c1-3-13(10-16-9-12-6-8-18-11-12)14-4-2-7-17-15(14)5-1/h1,3,5-6,8,11,16-17H,2,4,7,9-10H2. The lowest BCUT2D eigenvalue weighted by molar-refractivity contribution is 0.684. The molecule has 0 saturated heterocycles. The fraction of sp³-hybridized carbons (Fsp3) is 0.333. The van der Waals surface area contributed by atoms with Gasteiger partial charge in [-0.05, 0) is 52.4 Å². The Morgan fingerprint density at radius 2 is 2.22 bits per heavy atom. The minimum atomic E-state index is 0.959. The zero-order valence-corrected chi connectivity index (χ0v) is 11.2. The number of thiophene rings is 1. The molecule has 1 aromatic carbocycles. The Kier molecular flexibility index (Phi) is 3.62. The lowest BCUT2D eigenvalue weighted by atomic mass is 9.97. The molecule has 0 atom stereocenters. The molecule has 3 rings (SSSR count). The normalized spacial score (nSPS) is 14.0. The molecule has 2 N–H and O–H groups in total. The first-order chi connectivity index (χ1) is 8.93. The van der Waals surface area contributed by atoms with E-state index in [-0.39, 0.29) is 0 Å². The van der Waals surface area contributed by atoms with Crippen LogP contribution in [0.3, 0.4) is 0 Å².